The summed E-state index contributed by atoms with van der Waals surface area (Å²) in [5, 5.41) is 3.17. The smallest absolute Gasteiger partial charge is 0.223 e. The van der Waals surface area contributed by atoms with Crippen LogP contribution in [-0.2, 0) is 17.6 Å². The van der Waals surface area contributed by atoms with Crippen LogP contribution in [0.4, 0.5) is 0 Å². The largest absolute Gasteiger partial charge is 0.355 e. The number of benzene rings is 1. The van der Waals surface area contributed by atoms with Crippen molar-refractivity contribution in [3.63, 3.8) is 0 Å². The van der Waals surface area contributed by atoms with E-state index >= 15 is 0 Å². The number of carbonyl (C=O) groups is 1. The van der Waals surface area contributed by atoms with Crippen molar-refractivity contribution >= 4 is 5.91 Å². The van der Waals surface area contributed by atoms with Crippen LogP contribution in [0.15, 0.2) is 24.3 Å². The van der Waals surface area contributed by atoms with Gasteiger partial charge in [0.15, 0.2) is 0 Å². The molecule has 0 aromatic heterocycles. The number of hydrogen-bond donors (Lipinski definition) is 2. The third kappa shape index (κ3) is 2.59. The van der Waals surface area contributed by atoms with Crippen LogP contribution >= 0.6 is 0 Å². The van der Waals surface area contributed by atoms with E-state index in [1.807, 2.05) is 0 Å². The number of hydrogen-bond acceptors (Lipinski definition) is 2. The van der Waals surface area contributed by atoms with Gasteiger partial charge >= 0.3 is 0 Å². The molecule has 1 aromatic rings. The van der Waals surface area contributed by atoms with Crippen LogP contribution in [0.1, 0.15) is 36.8 Å². The van der Waals surface area contributed by atoms with Gasteiger partial charge in [0.2, 0.25) is 5.91 Å². The SMILES string of the molecule is NCC1(CNC(=O)C2Cc3ccccc3C2)CCCC1. The molecule has 2 aliphatic rings. The molecule has 0 atom stereocenters. The quantitative estimate of drug-likeness (QED) is 0.881. The zero-order chi connectivity index (χ0) is 14.0. The molecule has 1 fully saturated rings. The lowest BCUT2D eigenvalue weighted by Gasteiger charge is -2.28. The highest BCUT2D eigenvalue weighted by molar-refractivity contribution is 5.80. The van der Waals surface area contributed by atoms with Crippen molar-refractivity contribution in [2.75, 3.05) is 13.1 Å². The van der Waals surface area contributed by atoms with E-state index in [9.17, 15) is 4.79 Å². The molecule has 3 rings (SSSR count). The van der Waals surface area contributed by atoms with Crippen LogP contribution in [0.3, 0.4) is 0 Å². The molecule has 1 saturated carbocycles. The minimum Gasteiger partial charge on any atom is -0.355 e. The fourth-order valence-electron chi connectivity index (χ4n) is 3.74. The molecule has 1 amide bonds. The predicted molar refractivity (Wildman–Crippen MR) is 80.3 cm³/mol. The van der Waals surface area contributed by atoms with E-state index in [1.54, 1.807) is 0 Å². The van der Waals surface area contributed by atoms with Gasteiger partial charge in [0, 0.05) is 12.5 Å². The molecule has 3 N–H and O–H groups in total. The van der Waals surface area contributed by atoms with Crippen LogP contribution in [0.5, 0.6) is 0 Å². The summed E-state index contributed by atoms with van der Waals surface area (Å²) < 4.78 is 0. The Morgan fingerprint density at radius 3 is 2.35 bits per heavy atom. The topological polar surface area (TPSA) is 55.1 Å². The van der Waals surface area contributed by atoms with Gasteiger partial charge in [-0.2, -0.15) is 0 Å². The monoisotopic (exact) mass is 272 g/mol. The van der Waals surface area contributed by atoms with E-state index in [-0.39, 0.29) is 17.2 Å². The van der Waals surface area contributed by atoms with Crippen molar-refractivity contribution in [1.82, 2.24) is 5.32 Å². The average molecular weight is 272 g/mol. The van der Waals surface area contributed by atoms with E-state index in [0.717, 1.165) is 32.2 Å². The first-order chi connectivity index (χ1) is 9.72. The fourth-order valence-corrected chi connectivity index (χ4v) is 3.74. The van der Waals surface area contributed by atoms with Crippen molar-refractivity contribution in [3.8, 4) is 0 Å². The number of nitrogens with two attached hydrogens (primary N) is 1. The highest BCUT2D eigenvalue weighted by Crippen LogP contribution is 2.36. The molecular weight excluding hydrogens is 248 g/mol. The molecule has 20 heavy (non-hydrogen) atoms. The van der Waals surface area contributed by atoms with Crippen molar-refractivity contribution in [2.24, 2.45) is 17.1 Å². The Hall–Kier alpha value is -1.35. The lowest BCUT2D eigenvalue weighted by atomic mass is 9.86. The standard InChI is InChI=1S/C17H24N2O/c18-11-17(7-3-4-8-17)12-19-16(20)15-9-13-5-1-2-6-14(13)10-15/h1-2,5-6,15H,3-4,7-12,18H2,(H,19,20). The summed E-state index contributed by atoms with van der Waals surface area (Å²) in [4.78, 5) is 12.4. The third-order valence-corrected chi connectivity index (χ3v) is 5.16. The molecule has 0 aliphatic heterocycles. The maximum absolute atomic E-state index is 12.4. The minimum absolute atomic E-state index is 0.114. The summed E-state index contributed by atoms with van der Waals surface area (Å²) in [5.74, 6) is 0.324. The summed E-state index contributed by atoms with van der Waals surface area (Å²) in [6.45, 7) is 1.45. The second-order valence-electron chi connectivity index (χ2n) is 6.50. The maximum atomic E-state index is 12.4. The molecule has 0 spiro atoms. The van der Waals surface area contributed by atoms with Gasteiger partial charge < -0.3 is 11.1 Å². The Morgan fingerprint density at radius 2 is 1.80 bits per heavy atom. The van der Waals surface area contributed by atoms with Gasteiger partial charge in [-0.3, -0.25) is 4.79 Å². The molecule has 0 bridgehead atoms. The first-order valence-electron chi connectivity index (χ1n) is 7.77. The first-order valence-corrected chi connectivity index (χ1v) is 7.77. The Bertz CT molecular complexity index is 467. The summed E-state index contributed by atoms with van der Waals surface area (Å²) in [6.07, 6.45) is 6.60. The third-order valence-electron chi connectivity index (χ3n) is 5.16. The molecule has 3 heteroatoms. The van der Waals surface area contributed by atoms with E-state index in [0.29, 0.717) is 6.54 Å². The molecule has 108 valence electrons. The average Bonchev–Trinajstić information content (AvgIpc) is 3.12. The second kappa shape index (κ2) is 5.57. The van der Waals surface area contributed by atoms with Crippen LogP contribution in [0.2, 0.25) is 0 Å². The lowest BCUT2D eigenvalue weighted by Crippen LogP contribution is -2.42. The number of rotatable bonds is 4. The van der Waals surface area contributed by atoms with E-state index < -0.39 is 0 Å². The molecule has 3 nitrogen and oxygen atoms in total. The normalized spacial score (nSPS) is 20.9. The van der Waals surface area contributed by atoms with Crippen LogP contribution in [0, 0.1) is 11.3 Å². The van der Waals surface area contributed by atoms with Crippen LogP contribution in [0.25, 0.3) is 0 Å². The molecule has 2 aliphatic carbocycles. The van der Waals surface area contributed by atoms with Gasteiger partial charge in [0.25, 0.3) is 0 Å². The predicted octanol–water partition coefficient (Wildman–Crippen LogP) is 2.04. The number of carbonyl (C=O) groups excluding carboxylic acids is 1. The molecule has 0 unspecified atom stereocenters. The molecule has 0 heterocycles. The van der Waals surface area contributed by atoms with E-state index in [1.165, 1.54) is 24.0 Å². The summed E-state index contributed by atoms with van der Waals surface area (Å²) in [6, 6.07) is 8.39. The van der Waals surface area contributed by atoms with Gasteiger partial charge in [0.05, 0.1) is 0 Å². The van der Waals surface area contributed by atoms with Crippen molar-refractivity contribution < 1.29 is 4.79 Å². The van der Waals surface area contributed by atoms with E-state index in [2.05, 4.69) is 29.6 Å². The van der Waals surface area contributed by atoms with Gasteiger partial charge in [-0.25, -0.2) is 0 Å². The Labute approximate surface area is 120 Å². The summed E-state index contributed by atoms with van der Waals surface area (Å²) in [7, 11) is 0. The fraction of sp³-hybridized carbons (Fsp3) is 0.588. The maximum Gasteiger partial charge on any atom is 0.223 e. The van der Waals surface area contributed by atoms with Crippen LogP contribution in [-0.4, -0.2) is 19.0 Å². The molecular formula is C17H24N2O. The lowest BCUT2D eigenvalue weighted by molar-refractivity contribution is -0.125. The van der Waals surface area contributed by atoms with Crippen molar-refractivity contribution in [2.45, 2.75) is 38.5 Å². The first kappa shape index (κ1) is 13.6. The molecule has 1 aromatic carbocycles. The highest BCUT2D eigenvalue weighted by Gasteiger charge is 2.34. The van der Waals surface area contributed by atoms with Gasteiger partial charge in [-0.1, -0.05) is 37.1 Å². The number of nitrogens with one attached hydrogen (secondary N) is 1. The van der Waals surface area contributed by atoms with Crippen molar-refractivity contribution in [1.29, 1.82) is 0 Å². The van der Waals surface area contributed by atoms with Crippen molar-refractivity contribution in [3.05, 3.63) is 35.4 Å². The summed E-state index contributed by atoms with van der Waals surface area (Å²) >= 11 is 0. The van der Waals surface area contributed by atoms with Gasteiger partial charge in [-0.15, -0.1) is 0 Å². The van der Waals surface area contributed by atoms with E-state index in [4.69, 9.17) is 5.73 Å². The van der Waals surface area contributed by atoms with Gasteiger partial charge in [0.1, 0.15) is 0 Å². The minimum atomic E-state index is 0.114. The molecule has 0 radical (unpaired) electrons. The Morgan fingerprint density at radius 1 is 1.20 bits per heavy atom. The zero-order valence-corrected chi connectivity index (χ0v) is 12.0. The number of amides is 1. The summed E-state index contributed by atoms with van der Waals surface area (Å²) in [5.41, 5.74) is 8.76. The second-order valence-corrected chi connectivity index (χ2v) is 6.50. The highest BCUT2D eigenvalue weighted by atomic mass is 16.1. The van der Waals surface area contributed by atoms with Gasteiger partial charge in [-0.05, 0) is 48.8 Å². The Balaban J connectivity index is 1.56. The number of fused-ring (bicyclic) bond motifs is 1. The Kier molecular flexibility index (Phi) is 3.79. The molecule has 0 saturated heterocycles. The zero-order valence-electron chi connectivity index (χ0n) is 12.0. The van der Waals surface area contributed by atoms with Crippen LogP contribution < -0.4 is 11.1 Å².